The Morgan fingerprint density at radius 1 is 1.44 bits per heavy atom. The normalized spacial score (nSPS) is 13.4. The van der Waals surface area contributed by atoms with E-state index in [0.29, 0.717) is 10.3 Å². The fourth-order valence-electron chi connectivity index (χ4n) is 1.32. The van der Waals surface area contributed by atoms with Gasteiger partial charge in [-0.05, 0) is 28.9 Å². The summed E-state index contributed by atoms with van der Waals surface area (Å²) in [7, 11) is -3.64. The number of pyridine rings is 1. The van der Waals surface area contributed by atoms with Gasteiger partial charge in [-0.1, -0.05) is 0 Å². The molecule has 1 unspecified atom stereocenters. The van der Waals surface area contributed by atoms with Gasteiger partial charge in [0.1, 0.15) is 17.0 Å². The molecule has 7 nitrogen and oxygen atoms in total. The standard InChI is InChI=1S/C9H10BrN5O2S/c1-6(9-12-5-13-14-9)15-18(16,17)8-2-7(10)3-11-4-8/h2-6,15H,1H3,(H,12,13,14). The Morgan fingerprint density at radius 3 is 2.83 bits per heavy atom. The molecular formula is C9H10BrN5O2S. The minimum absolute atomic E-state index is 0.0863. The Hall–Kier alpha value is -1.32. The Kier molecular flexibility index (Phi) is 3.73. The summed E-state index contributed by atoms with van der Waals surface area (Å²) in [5, 5.41) is 6.28. The highest BCUT2D eigenvalue weighted by atomic mass is 79.9. The zero-order chi connectivity index (χ0) is 13.2. The molecule has 2 heterocycles. The number of nitrogens with one attached hydrogen (secondary N) is 2. The van der Waals surface area contributed by atoms with Gasteiger partial charge in [0, 0.05) is 16.9 Å². The lowest BCUT2D eigenvalue weighted by atomic mass is 10.3. The maximum absolute atomic E-state index is 12.1. The Bertz CT molecular complexity index is 628. The second-order valence-electron chi connectivity index (χ2n) is 3.55. The van der Waals surface area contributed by atoms with Crippen LogP contribution in [0.3, 0.4) is 0 Å². The third-order valence-corrected chi connectivity index (χ3v) is 4.11. The first kappa shape index (κ1) is 13.1. The van der Waals surface area contributed by atoms with Crippen LogP contribution in [0.4, 0.5) is 0 Å². The molecule has 0 bridgehead atoms. The molecule has 0 aliphatic carbocycles. The van der Waals surface area contributed by atoms with Crippen molar-refractivity contribution in [3.8, 4) is 0 Å². The van der Waals surface area contributed by atoms with E-state index in [-0.39, 0.29) is 4.90 Å². The van der Waals surface area contributed by atoms with E-state index in [2.05, 4.69) is 40.8 Å². The lowest BCUT2D eigenvalue weighted by molar-refractivity contribution is 0.560. The lowest BCUT2D eigenvalue weighted by Gasteiger charge is -2.11. The third-order valence-electron chi connectivity index (χ3n) is 2.17. The highest BCUT2D eigenvalue weighted by molar-refractivity contribution is 9.10. The van der Waals surface area contributed by atoms with E-state index in [9.17, 15) is 8.42 Å². The fraction of sp³-hybridized carbons (Fsp3) is 0.222. The first-order valence-corrected chi connectivity index (χ1v) is 7.25. The molecule has 0 spiro atoms. The van der Waals surface area contributed by atoms with Crippen molar-refractivity contribution in [3.63, 3.8) is 0 Å². The Labute approximate surface area is 112 Å². The molecular weight excluding hydrogens is 322 g/mol. The van der Waals surface area contributed by atoms with Crippen molar-refractivity contribution in [2.24, 2.45) is 0 Å². The molecule has 2 rings (SSSR count). The zero-order valence-corrected chi connectivity index (χ0v) is 11.7. The minimum Gasteiger partial charge on any atom is -0.262 e. The van der Waals surface area contributed by atoms with Crippen molar-refractivity contribution >= 4 is 26.0 Å². The molecule has 0 aromatic carbocycles. The topological polar surface area (TPSA) is 101 Å². The SMILES string of the molecule is CC(NS(=O)(=O)c1cncc(Br)c1)c1ncn[nH]1. The molecule has 2 aromatic heterocycles. The van der Waals surface area contributed by atoms with Crippen molar-refractivity contribution < 1.29 is 8.42 Å². The third kappa shape index (κ3) is 2.92. The van der Waals surface area contributed by atoms with Gasteiger partial charge in [0.15, 0.2) is 0 Å². The van der Waals surface area contributed by atoms with Gasteiger partial charge >= 0.3 is 0 Å². The van der Waals surface area contributed by atoms with E-state index in [0.717, 1.165) is 0 Å². The molecule has 2 aromatic rings. The first-order valence-electron chi connectivity index (χ1n) is 4.97. The van der Waals surface area contributed by atoms with E-state index >= 15 is 0 Å². The molecule has 96 valence electrons. The molecule has 0 fully saturated rings. The van der Waals surface area contributed by atoms with Crippen LogP contribution in [0.5, 0.6) is 0 Å². The second kappa shape index (κ2) is 5.12. The van der Waals surface area contributed by atoms with Crippen LogP contribution in [-0.2, 0) is 10.0 Å². The monoisotopic (exact) mass is 331 g/mol. The van der Waals surface area contributed by atoms with Crippen molar-refractivity contribution in [1.29, 1.82) is 0 Å². The summed E-state index contributed by atoms with van der Waals surface area (Å²) in [6, 6.07) is 0.971. The highest BCUT2D eigenvalue weighted by Crippen LogP contribution is 2.16. The van der Waals surface area contributed by atoms with Crippen LogP contribution < -0.4 is 4.72 Å². The predicted molar refractivity (Wildman–Crippen MR) is 67.1 cm³/mol. The number of H-pyrrole nitrogens is 1. The van der Waals surface area contributed by atoms with Crippen molar-refractivity contribution in [1.82, 2.24) is 24.9 Å². The van der Waals surface area contributed by atoms with Crippen molar-refractivity contribution in [2.45, 2.75) is 17.9 Å². The van der Waals surface area contributed by atoms with Crippen molar-refractivity contribution in [2.75, 3.05) is 0 Å². The van der Waals surface area contributed by atoms with E-state index < -0.39 is 16.1 Å². The second-order valence-corrected chi connectivity index (χ2v) is 6.18. The van der Waals surface area contributed by atoms with Gasteiger partial charge in [0.05, 0.1) is 6.04 Å². The van der Waals surface area contributed by atoms with Crippen LogP contribution in [0.15, 0.2) is 34.2 Å². The molecule has 0 radical (unpaired) electrons. The number of nitrogens with zero attached hydrogens (tertiary/aromatic N) is 3. The van der Waals surface area contributed by atoms with Gasteiger partial charge in [-0.3, -0.25) is 10.1 Å². The summed E-state index contributed by atoms with van der Waals surface area (Å²) in [4.78, 5) is 7.80. The summed E-state index contributed by atoms with van der Waals surface area (Å²) in [6.07, 6.45) is 4.11. The quantitative estimate of drug-likeness (QED) is 0.870. The smallest absolute Gasteiger partial charge is 0.242 e. The number of aromatic nitrogens is 4. The molecule has 2 N–H and O–H groups in total. The van der Waals surface area contributed by atoms with E-state index in [1.54, 1.807) is 6.92 Å². The number of hydrogen-bond acceptors (Lipinski definition) is 5. The average Bonchev–Trinajstić information content (AvgIpc) is 2.82. The lowest BCUT2D eigenvalue weighted by Crippen LogP contribution is -2.27. The molecule has 0 saturated heterocycles. The maximum atomic E-state index is 12.1. The molecule has 0 amide bonds. The average molecular weight is 332 g/mol. The van der Waals surface area contributed by atoms with Gasteiger partial charge in [0.2, 0.25) is 10.0 Å². The van der Waals surface area contributed by atoms with Gasteiger partial charge in [0.25, 0.3) is 0 Å². The number of hydrogen-bond donors (Lipinski definition) is 2. The minimum atomic E-state index is -3.64. The highest BCUT2D eigenvalue weighted by Gasteiger charge is 2.20. The van der Waals surface area contributed by atoms with Crippen LogP contribution in [0, 0.1) is 0 Å². The van der Waals surface area contributed by atoms with Crippen LogP contribution in [0.2, 0.25) is 0 Å². The van der Waals surface area contributed by atoms with Crippen LogP contribution in [0.1, 0.15) is 18.8 Å². The zero-order valence-electron chi connectivity index (χ0n) is 9.33. The van der Waals surface area contributed by atoms with Crippen LogP contribution in [0.25, 0.3) is 0 Å². The van der Waals surface area contributed by atoms with Gasteiger partial charge in [-0.25, -0.2) is 18.1 Å². The number of sulfonamides is 1. The molecule has 0 aliphatic heterocycles. The molecule has 1 atom stereocenters. The number of rotatable bonds is 4. The summed E-state index contributed by atoms with van der Waals surface area (Å²) in [5.74, 6) is 0.446. The fourth-order valence-corrected chi connectivity index (χ4v) is 3.03. The largest absolute Gasteiger partial charge is 0.262 e. The summed E-state index contributed by atoms with van der Waals surface area (Å²) in [5.41, 5.74) is 0. The summed E-state index contributed by atoms with van der Waals surface area (Å²) in [6.45, 7) is 1.67. The van der Waals surface area contributed by atoms with Crippen LogP contribution in [-0.4, -0.2) is 28.6 Å². The van der Waals surface area contributed by atoms with Crippen LogP contribution >= 0.6 is 15.9 Å². The number of halogens is 1. The molecule has 9 heteroatoms. The molecule has 0 aliphatic rings. The van der Waals surface area contributed by atoms with E-state index in [4.69, 9.17) is 0 Å². The predicted octanol–water partition coefficient (Wildman–Crippen LogP) is 1.00. The molecule has 0 saturated carbocycles. The van der Waals surface area contributed by atoms with E-state index in [1.165, 1.54) is 24.8 Å². The Morgan fingerprint density at radius 2 is 2.22 bits per heavy atom. The van der Waals surface area contributed by atoms with E-state index in [1.807, 2.05) is 0 Å². The van der Waals surface area contributed by atoms with Crippen molar-refractivity contribution in [3.05, 3.63) is 35.1 Å². The first-order chi connectivity index (χ1) is 8.49. The molecule has 18 heavy (non-hydrogen) atoms. The maximum Gasteiger partial charge on any atom is 0.242 e. The number of aromatic amines is 1. The summed E-state index contributed by atoms with van der Waals surface area (Å²) < 4.78 is 27.2. The van der Waals surface area contributed by atoms with Gasteiger partial charge in [-0.2, -0.15) is 5.10 Å². The van der Waals surface area contributed by atoms with Gasteiger partial charge in [-0.15, -0.1) is 0 Å². The van der Waals surface area contributed by atoms with Gasteiger partial charge < -0.3 is 0 Å². The Balaban J connectivity index is 2.22. The summed E-state index contributed by atoms with van der Waals surface area (Å²) >= 11 is 3.18.